The fourth-order valence-corrected chi connectivity index (χ4v) is 3.64. The van der Waals surface area contributed by atoms with E-state index >= 15 is 0 Å². The van der Waals surface area contributed by atoms with Crippen molar-refractivity contribution < 1.29 is 9.59 Å². The molecule has 0 aliphatic carbocycles. The first-order valence-electron chi connectivity index (χ1n) is 8.95. The van der Waals surface area contributed by atoms with Crippen molar-refractivity contribution in [2.45, 2.75) is 45.7 Å². The zero-order chi connectivity index (χ0) is 20.0. The van der Waals surface area contributed by atoms with E-state index in [2.05, 4.69) is 16.9 Å². The number of anilines is 1. The molecule has 2 heterocycles. The van der Waals surface area contributed by atoms with Crippen LogP contribution in [0.15, 0.2) is 49.0 Å². The van der Waals surface area contributed by atoms with Gasteiger partial charge in [-0.1, -0.05) is 30.8 Å². The molecule has 0 saturated carbocycles. The van der Waals surface area contributed by atoms with Gasteiger partial charge < -0.3 is 5.32 Å². The number of carbonyl (C=O) groups is 2. The van der Waals surface area contributed by atoms with E-state index in [0.29, 0.717) is 17.0 Å². The summed E-state index contributed by atoms with van der Waals surface area (Å²) in [5.41, 5.74) is 1.35. The molecule has 0 fully saturated rings. The number of para-hydroxylation sites is 1. The fraction of sp³-hybridized carbons (Fsp3) is 0.318. The van der Waals surface area contributed by atoms with E-state index in [4.69, 9.17) is 0 Å². The normalized spacial score (nSPS) is 19.0. The minimum atomic E-state index is -1.42. The molecular weight excluding hydrogens is 338 g/mol. The van der Waals surface area contributed by atoms with Gasteiger partial charge in [0.1, 0.15) is 0 Å². The Hall–Kier alpha value is -2.95. The van der Waals surface area contributed by atoms with E-state index in [0.717, 1.165) is 11.3 Å². The zero-order valence-corrected chi connectivity index (χ0v) is 16.5. The van der Waals surface area contributed by atoms with Crippen molar-refractivity contribution in [3.05, 3.63) is 66.0 Å². The summed E-state index contributed by atoms with van der Waals surface area (Å²) in [4.78, 5) is 32.6. The highest BCUT2D eigenvalue weighted by Crippen LogP contribution is 2.52. The smallest absolute Gasteiger partial charge is 0.257 e. The minimum absolute atomic E-state index is 0.242. The molecule has 0 saturated heterocycles. The van der Waals surface area contributed by atoms with Crippen molar-refractivity contribution in [2.75, 3.05) is 4.90 Å². The summed E-state index contributed by atoms with van der Waals surface area (Å²) >= 11 is 0. The molecular formula is C22H25N3O2. The fourth-order valence-electron chi connectivity index (χ4n) is 3.64. The lowest BCUT2D eigenvalue weighted by atomic mass is 9.83. The quantitative estimate of drug-likeness (QED) is 0.887. The van der Waals surface area contributed by atoms with Gasteiger partial charge in [-0.25, -0.2) is 0 Å². The third kappa shape index (κ3) is 2.93. The Morgan fingerprint density at radius 3 is 2.37 bits per heavy atom. The summed E-state index contributed by atoms with van der Waals surface area (Å²) in [6.07, 6.45) is 0. The van der Waals surface area contributed by atoms with Crippen LogP contribution in [0.1, 0.15) is 44.6 Å². The second-order valence-electron chi connectivity index (χ2n) is 7.93. The average Bonchev–Trinajstić information content (AvgIpc) is 2.84. The SMILES string of the molecule is C=C1c2ccccc2N(C(C)=O)C1(C(=O)NC(C)(C)C)c1cccc(C)n1. The lowest BCUT2D eigenvalue weighted by molar-refractivity contribution is -0.129. The van der Waals surface area contributed by atoms with Crippen LogP contribution in [0.3, 0.4) is 0 Å². The molecule has 1 unspecified atom stereocenters. The van der Waals surface area contributed by atoms with E-state index < -0.39 is 11.1 Å². The number of rotatable bonds is 2. The maximum absolute atomic E-state index is 13.7. The maximum Gasteiger partial charge on any atom is 0.257 e. The largest absolute Gasteiger partial charge is 0.349 e. The summed E-state index contributed by atoms with van der Waals surface area (Å²) < 4.78 is 0. The van der Waals surface area contributed by atoms with Crippen molar-refractivity contribution in [3.63, 3.8) is 0 Å². The number of benzene rings is 1. The molecule has 0 bridgehead atoms. The Morgan fingerprint density at radius 2 is 1.78 bits per heavy atom. The Bertz CT molecular complexity index is 943. The molecule has 27 heavy (non-hydrogen) atoms. The van der Waals surface area contributed by atoms with E-state index in [-0.39, 0.29) is 11.8 Å². The number of hydrogen-bond donors (Lipinski definition) is 1. The summed E-state index contributed by atoms with van der Waals surface area (Å²) in [5.74, 6) is -0.557. The molecule has 2 aromatic rings. The number of nitrogens with one attached hydrogen (secondary N) is 1. The van der Waals surface area contributed by atoms with Crippen molar-refractivity contribution in [1.82, 2.24) is 10.3 Å². The zero-order valence-electron chi connectivity index (χ0n) is 16.5. The predicted molar refractivity (Wildman–Crippen MR) is 107 cm³/mol. The molecule has 1 N–H and O–H groups in total. The van der Waals surface area contributed by atoms with E-state index in [1.807, 2.05) is 64.1 Å². The summed E-state index contributed by atoms with van der Waals surface area (Å²) in [6, 6.07) is 12.9. The van der Waals surface area contributed by atoms with Crippen molar-refractivity contribution >= 4 is 23.1 Å². The molecule has 1 aliphatic rings. The monoisotopic (exact) mass is 363 g/mol. The van der Waals surface area contributed by atoms with E-state index in [9.17, 15) is 9.59 Å². The number of carbonyl (C=O) groups excluding carboxylic acids is 2. The van der Waals surface area contributed by atoms with Crippen LogP contribution in [0.25, 0.3) is 5.57 Å². The van der Waals surface area contributed by atoms with Crippen LogP contribution in [-0.2, 0) is 15.1 Å². The summed E-state index contributed by atoms with van der Waals surface area (Å²) in [5, 5.41) is 3.04. The van der Waals surface area contributed by atoms with E-state index in [1.54, 1.807) is 6.07 Å². The first-order valence-corrected chi connectivity index (χ1v) is 8.95. The number of aryl methyl sites for hydroxylation is 1. The first-order chi connectivity index (χ1) is 12.6. The highest BCUT2D eigenvalue weighted by Gasteiger charge is 2.57. The molecule has 0 radical (unpaired) electrons. The summed E-state index contributed by atoms with van der Waals surface area (Å²) in [6.45, 7) is 13.3. The number of amides is 2. The Labute approximate surface area is 160 Å². The van der Waals surface area contributed by atoms with Crippen LogP contribution in [0, 0.1) is 6.92 Å². The molecule has 2 amide bonds. The Balaban J connectivity index is 2.35. The highest BCUT2D eigenvalue weighted by atomic mass is 16.2. The van der Waals surface area contributed by atoms with Gasteiger partial charge in [-0.3, -0.25) is 19.5 Å². The average molecular weight is 363 g/mol. The number of fused-ring (bicyclic) bond motifs is 1. The molecule has 1 aliphatic heterocycles. The van der Waals surface area contributed by atoms with Crippen molar-refractivity contribution in [3.8, 4) is 0 Å². The Kier molecular flexibility index (Phi) is 4.42. The number of pyridine rings is 1. The van der Waals surface area contributed by atoms with Crippen molar-refractivity contribution in [2.24, 2.45) is 0 Å². The van der Waals surface area contributed by atoms with Crippen LogP contribution in [0.4, 0.5) is 5.69 Å². The first kappa shape index (κ1) is 18.8. The molecule has 5 nitrogen and oxygen atoms in total. The lowest BCUT2D eigenvalue weighted by Gasteiger charge is -2.39. The molecule has 1 atom stereocenters. The minimum Gasteiger partial charge on any atom is -0.349 e. The molecule has 1 aromatic carbocycles. The second-order valence-corrected chi connectivity index (χ2v) is 7.93. The molecule has 0 spiro atoms. The number of aromatic nitrogens is 1. The van der Waals surface area contributed by atoms with Gasteiger partial charge in [0.2, 0.25) is 5.91 Å². The van der Waals surface area contributed by atoms with Gasteiger partial charge in [-0.05, 0) is 51.5 Å². The molecule has 5 heteroatoms. The van der Waals surface area contributed by atoms with Gasteiger partial charge in [0.15, 0.2) is 5.54 Å². The summed E-state index contributed by atoms with van der Waals surface area (Å²) in [7, 11) is 0. The molecule has 1 aromatic heterocycles. The maximum atomic E-state index is 13.7. The van der Waals surface area contributed by atoms with E-state index in [1.165, 1.54) is 11.8 Å². The van der Waals surface area contributed by atoms with Gasteiger partial charge in [0.25, 0.3) is 5.91 Å². The third-order valence-electron chi connectivity index (χ3n) is 4.63. The van der Waals surface area contributed by atoms with Crippen molar-refractivity contribution in [1.29, 1.82) is 0 Å². The van der Waals surface area contributed by atoms with Crippen LogP contribution in [0.5, 0.6) is 0 Å². The highest BCUT2D eigenvalue weighted by molar-refractivity contribution is 6.17. The van der Waals surface area contributed by atoms with Gasteiger partial charge in [0.05, 0.1) is 11.4 Å². The predicted octanol–water partition coefficient (Wildman–Crippen LogP) is 3.58. The third-order valence-corrected chi connectivity index (χ3v) is 4.63. The van der Waals surface area contributed by atoms with Crippen LogP contribution < -0.4 is 10.2 Å². The van der Waals surface area contributed by atoms with Gasteiger partial charge in [-0.15, -0.1) is 0 Å². The second kappa shape index (κ2) is 6.34. The standard InChI is InChI=1S/C22H25N3O2/c1-14-10-9-13-19(23-14)22(20(27)24-21(4,5)6)15(2)17-11-7-8-12-18(17)25(22)16(3)26/h7-13H,2H2,1,3-6H3,(H,24,27). The van der Waals surface area contributed by atoms with Gasteiger partial charge >= 0.3 is 0 Å². The van der Waals surface area contributed by atoms with Gasteiger partial charge in [0, 0.05) is 23.7 Å². The van der Waals surface area contributed by atoms with Crippen LogP contribution >= 0.6 is 0 Å². The van der Waals surface area contributed by atoms with Crippen LogP contribution in [-0.4, -0.2) is 22.3 Å². The Morgan fingerprint density at radius 1 is 1.11 bits per heavy atom. The topological polar surface area (TPSA) is 62.3 Å². The number of hydrogen-bond acceptors (Lipinski definition) is 3. The number of nitrogens with zero attached hydrogens (tertiary/aromatic N) is 2. The molecule has 140 valence electrons. The molecule has 3 rings (SSSR count). The van der Waals surface area contributed by atoms with Crippen LogP contribution in [0.2, 0.25) is 0 Å². The van der Waals surface area contributed by atoms with Gasteiger partial charge in [-0.2, -0.15) is 0 Å². The lowest BCUT2D eigenvalue weighted by Crippen LogP contribution is -2.59.